The molecule has 4 aromatic rings. The molecule has 0 aliphatic rings. The smallest absolute Gasteiger partial charge is 0.278 e. The first-order valence-corrected chi connectivity index (χ1v) is 9.16. The van der Waals surface area contributed by atoms with Crippen molar-refractivity contribution in [3.63, 3.8) is 0 Å². The summed E-state index contributed by atoms with van der Waals surface area (Å²) in [5, 5.41) is 3.62. The molecule has 2 aromatic heterocycles. The second-order valence-corrected chi connectivity index (χ2v) is 6.42. The second kappa shape index (κ2) is 8.05. The van der Waals surface area contributed by atoms with Crippen LogP contribution in [0.1, 0.15) is 0 Å². The van der Waals surface area contributed by atoms with Crippen molar-refractivity contribution in [1.82, 2.24) is 19.9 Å². The van der Waals surface area contributed by atoms with E-state index in [0.29, 0.717) is 29.1 Å². The third-order valence-electron chi connectivity index (χ3n) is 4.54. The largest absolute Gasteiger partial charge is 0.493 e. The van der Waals surface area contributed by atoms with E-state index < -0.39 is 0 Å². The summed E-state index contributed by atoms with van der Waals surface area (Å²) in [4.78, 5) is 32.3. The molecule has 8 nitrogen and oxygen atoms in total. The summed E-state index contributed by atoms with van der Waals surface area (Å²) >= 11 is 0. The molecule has 0 spiro atoms. The lowest BCUT2D eigenvalue weighted by Crippen LogP contribution is -2.34. The summed E-state index contributed by atoms with van der Waals surface area (Å²) in [6.07, 6.45) is 1.40. The number of benzene rings is 2. The van der Waals surface area contributed by atoms with Gasteiger partial charge in [-0.05, 0) is 18.2 Å². The van der Waals surface area contributed by atoms with E-state index in [1.165, 1.54) is 10.9 Å². The van der Waals surface area contributed by atoms with Crippen LogP contribution in [0.15, 0.2) is 59.7 Å². The van der Waals surface area contributed by atoms with Gasteiger partial charge in [-0.25, -0.2) is 4.98 Å². The number of para-hydroxylation sites is 3. The minimum absolute atomic E-state index is 0.119. The summed E-state index contributed by atoms with van der Waals surface area (Å²) in [6.45, 7) is 0.458. The fourth-order valence-corrected chi connectivity index (χ4v) is 3.15. The Labute approximate surface area is 166 Å². The van der Waals surface area contributed by atoms with E-state index in [-0.39, 0.29) is 24.6 Å². The predicted octanol–water partition coefficient (Wildman–Crippen LogP) is 2.08. The Morgan fingerprint density at radius 1 is 1.14 bits per heavy atom. The van der Waals surface area contributed by atoms with Crippen molar-refractivity contribution in [2.45, 2.75) is 6.54 Å². The maximum absolute atomic E-state index is 12.7. The highest BCUT2D eigenvalue weighted by atomic mass is 16.5. The lowest BCUT2D eigenvalue weighted by molar-refractivity contribution is -0.121. The summed E-state index contributed by atoms with van der Waals surface area (Å²) in [6, 6.07) is 14.9. The number of ether oxygens (including phenoxy) is 2. The molecule has 0 unspecified atom stereocenters. The van der Waals surface area contributed by atoms with Crippen molar-refractivity contribution in [3.8, 4) is 11.5 Å². The summed E-state index contributed by atoms with van der Waals surface area (Å²) in [7, 11) is 1.57. The van der Waals surface area contributed by atoms with Crippen LogP contribution in [0.3, 0.4) is 0 Å². The number of hydrogen-bond donors (Lipinski definition) is 2. The first-order chi connectivity index (χ1) is 14.2. The summed E-state index contributed by atoms with van der Waals surface area (Å²) < 4.78 is 12.1. The van der Waals surface area contributed by atoms with Gasteiger partial charge in [0.1, 0.15) is 24.2 Å². The zero-order chi connectivity index (χ0) is 20.2. The Morgan fingerprint density at radius 3 is 2.72 bits per heavy atom. The molecule has 148 valence electrons. The van der Waals surface area contributed by atoms with Gasteiger partial charge >= 0.3 is 0 Å². The fourth-order valence-electron chi connectivity index (χ4n) is 3.15. The number of hydrogen-bond acceptors (Lipinski definition) is 5. The van der Waals surface area contributed by atoms with Crippen molar-refractivity contribution in [2.75, 3.05) is 20.3 Å². The van der Waals surface area contributed by atoms with Gasteiger partial charge in [0.2, 0.25) is 5.91 Å². The molecule has 0 aliphatic carbocycles. The molecule has 29 heavy (non-hydrogen) atoms. The van der Waals surface area contributed by atoms with Crippen molar-refractivity contribution >= 4 is 27.8 Å². The zero-order valence-corrected chi connectivity index (χ0v) is 15.8. The number of aromatic nitrogens is 3. The van der Waals surface area contributed by atoms with Gasteiger partial charge in [0.05, 0.1) is 20.0 Å². The average Bonchev–Trinajstić information content (AvgIpc) is 3.13. The first kappa shape index (κ1) is 18.5. The van der Waals surface area contributed by atoms with Gasteiger partial charge in [0.15, 0.2) is 11.5 Å². The highest BCUT2D eigenvalue weighted by molar-refractivity contribution is 6.04. The van der Waals surface area contributed by atoms with Crippen LogP contribution in [0.5, 0.6) is 11.5 Å². The minimum Gasteiger partial charge on any atom is -0.493 e. The number of nitrogens with zero attached hydrogens (tertiary/aromatic N) is 2. The minimum atomic E-state index is -0.298. The molecule has 0 aliphatic heterocycles. The Hall–Kier alpha value is -3.81. The fraction of sp³-hybridized carbons (Fsp3) is 0.190. The number of fused-ring (bicyclic) bond motifs is 3. The highest BCUT2D eigenvalue weighted by Gasteiger charge is 2.12. The van der Waals surface area contributed by atoms with Crippen LogP contribution >= 0.6 is 0 Å². The molecule has 0 bridgehead atoms. The molecule has 2 heterocycles. The zero-order valence-electron chi connectivity index (χ0n) is 15.8. The molecule has 2 N–H and O–H groups in total. The predicted molar refractivity (Wildman–Crippen MR) is 109 cm³/mol. The van der Waals surface area contributed by atoms with Crippen molar-refractivity contribution in [1.29, 1.82) is 0 Å². The number of rotatable bonds is 7. The quantitative estimate of drug-likeness (QED) is 0.469. The van der Waals surface area contributed by atoms with E-state index in [1.54, 1.807) is 19.2 Å². The van der Waals surface area contributed by atoms with E-state index in [0.717, 1.165) is 10.9 Å². The molecular formula is C21H20N4O4. The number of carbonyl (C=O) groups excluding carboxylic acids is 1. The standard InChI is InChI=1S/C21H20N4O4/c1-28-16-8-4-5-9-17(16)29-11-10-22-18(26)12-25-13-23-19-14-6-2-3-7-15(14)24-20(19)21(25)27/h2-9,13,24H,10-12H2,1H3,(H,22,26). The number of aromatic amines is 1. The number of nitrogens with one attached hydrogen (secondary N) is 2. The monoisotopic (exact) mass is 392 g/mol. The Morgan fingerprint density at radius 2 is 1.90 bits per heavy atom. The molecular weight excluding hydrogens is 372 g/mol. The Balaban J connectivity index is 1.38. The molecule has 4 rings (SSSR count). The van der Waals surface area contributed by atoms with Gasteiger partial charge < -0.3 is 19.8 Å². The van der Waals surface area contributed by atoms with E-state index in [2.05, 4.69) is 15.3 Å². The number of methoxy groups -OCH3 is 1. The maximum Gasteiger partial charge on any atom is 0.278 e. The van der Waals surface area contributed by atoms with Crippen LogP contribution in [0.25, 0.3) is 21.9 Å². The third-order valence-corrected chi connectivity index (χ3v) is 4.54. The molecule has 0 fully saturated rings. The van der Waals surface area contributed by atoms with Crippen molar-refractivity contribution in [2.24, 2.45) is 0 Å². The van der Waals surface area contributed by atoms with Gasteiger partial charge in [-0.1, -0.05) is 30.3 Å². The Bertz CT molecular complexity index is 1230. The topological polar surface area (TPSA) is 98.2 Å². The third kappa shape index (κ3) is 3.77. The summed E-state index contributed by atoms with van der Waals surface area (Å²) in [5.74, 6) is 0.935. The van der Waals surface area contributed by atoms with Gasteiger partial charge in [-0.3, -0.25) is 14.2 Å². The average molecular weight is 392 g/mol. The van der Waals surface area contributed by atoms with Crippen molar-refractivity contribution < 1.29 is 14.3 Å². The molecule has 0 saturated heterocycles. The lowest BCUT2D eigenvalue weighted by Gasteiger charge is -2.11. The van der Waals surface area contributed by atoms with Gasteiger partial charge in [-0.2, -0.15) is 0 Å². The van der Waals surface area contributed by atoms with E-state index in [9.17, 15) is 9.59 Å². The van der Waals surface area contributed by atoms with Crippen LogP contribution in [-0.4, -0.2) is 40.7 Å². The van der Waals surface area contributed by atoms with Crippen LogP contribution in [0.2, 0.25) is 0 Å². The Kier molecular flexibility index (Phi) is 5.15. The number of amides is 1. The molecule has 1 amide bonds. The second-order valence-electron chi connectivity index (χ2n) is 6.42. The van der Waals surface area contributed by atoms with Crippen molar-refractivity contribution in [3.05, 3.63) is 65.2 Å². The van der Waals surface area contributed by atoms with Crippen LogP contribution in [0, 0.1) is 0 Å². The van der Waals surface area contributed by atoms with Crippen LogP contribution < -0.4 is 20.3 Å². The molecule has 8 heteroatoms. The van der Waals surface area contributed by atoms with E-state index >= 15 is 0 Å². The maximum atomic E-state index is 12.7. The normalized spacial score (nSPS) is 10.9. The van der Waals surface area contributed by atoms with Gasteiger partial charge in [0, 0.05) is 10.9 Å². The number of H-pyrrole nitrogens is 1. The summed E-state index contributed by atoms with van der Waals surface area (Å²) in [5.41, 5.74) is 1.54. The van der Waals surface area contributed by atoms with Gasteiger partial charge in [0.25, 0.3) is 5.56 Å². The molecule has 0 saturated carbocycles. The lowest BCUT2D eigenvalue weighted by atomic mass is 10.2. The SMILES string of the molecule is COc1ccccc1OCCNC(=O)Cn1cnc2c([nH]c3ccccc32)c1=O. The van der Waals surface area contributed by atoms with Gasteiger partial charge in [-0.15, -0.1) is 0 Å². The van der Waals surface area contributed by atoms with E-state index in [1.807, 2.05) is 36.4 Å². The first-order valence-electron chi connectivity index (χ1n) is 9.16. The molecule has 0 radical (unpaired) electrons. The van der Waals surface area contributed by atoms with Crippen LogP contribution in [0.4, 0.5) is 0 Å². The molecule has 2 aromatic carbocycles. The highest BCUT2D eigenvalue weighted by Crippen LogP contribution is 2.25. The van der Waals surface area contributed by atoms with Crippen LogP contribution in [-0.2, 0) is 11.3 Å². The number of carbonyl (C=O) groups is 1. The molecule has 0 atom stereocenters. The van der Waals surface area contributed by atoms with E-state index in [4.69, 9.17) is 9.47 Å².